The number of ketones is 1. The molecule has 0 spiro atoms. The van der Waals surface area contributed by atoms with Crippen molar-refractivity contribution in [3.63, 3.8) is 0 Å². The van der Waals surface area contributed by atoms with Crippen LogP contribution >= 0.6 is 11.8 Å². The molecule has 0 aliphatic carbocycles. The van der Waals surface area contributed by atoms with Crippen molar-refractivity contribution < 1.29 is 24.3 Å². The first-order valence-electron chi connectivity index (χ1n) is 8.51. The summed E-state index contributed by atoms with van der Waals surface area (Å²) in [5, 5.41) is 8.32. The molecule has 3 N–H and O–H groups in total. The number of carbonyl (C=O) groups is 4. The second kappa shape index (κ2) is 12.0. The second-order valence-corrected chi connectivity index (χ2v) is 7.66. The lowest BCUT2D eigenvalue weighted by Crippen LogP contribution is -2.38. The van der Waals surface area contributed by atoms with Crippen LogP contribution in [0.2, 0.25) is 0 Å². The van der Waals surface area contributed by atoms with E-state index in [0.717, 1.165) is 11.8 Å². The lowest BCUT2D eigenvalue weighted by Gasteiger charge is -2.24. The van der Waals surface area contributed by atoms with Crippen molar-refractivity contribution in [2.75, 3.05) is 18.8 Å². The molecule has 144 valence electrons. The van der Waals surface area contributed by atoms with Crippen LogP contribution in [0.5, 0.6) is 0 Å². The normalized spacial score (nSPS) is 12.3. The predicted octanol–water partition coefficient (Wildman–Crippen LogP) is 1.54. The number of thioether (sulfide) groups is 1. The van der Waals surface area contributed by atoms with Crippen LogP contribution in [-0.4, -0.2) is 57.7 Å². The number of rotatable bonds is 12. The third-order valence-corrected chi connectivity index (χ3v) is 4.63. The van der Waals surface area contributed by atoms with E-state index in [1.54, 1.807) is 18.7 Å². The van der Waals surface area contributed by atoms with Crippen LogP contribution < -0.4 is 5.73 Å². The maximum atomic E-state index is 12.2. The van der Waals surface area contributed by atoms with Gasteiger partial charge in [0.1, 0.15) is 5.78 Å². The molecule has 0 radical (unpaired) electrons. The Balaban J connectivity index is 4.46. The molecule has 0 rings (SSSR count). The number of hydrogen-bond donors (Lipinski definition) is 2. The maximum absolute atomic E-state index is 12.2. The van der Waals surface area contributed by atoms with Crippen LogP contribution in [0.4, 0.5) is 0 Å². The van der Waals surface area contributed by atoms with Crippen molar-refractivity contribution in [2.24, 2.45) is 17.6 Å². The topological polar surface area (TPSA) is 118 Å². The van der Waals surface area contributed by atoms with Crippen LogP contribution in [0.1, 0.15) is 47.0 Å². The molecule has 0 aromatic rings. The summed E-state index contributed by atoms with van der Waals surface area (Å²) < 4.78 is 0. The molecule has 0 saturated carbocycles. The van der Waals surface area contributed by atoms with Gasteiger partial charge in [-0.05, 0) is 6.42 Å². The molecule has 0 aromatic heterocycles. The summed E-state index contributed by atoms with van der Waals surface area (Å²) >= 11 is 0.999. The molecule has 0 bridgehead atoms. The average molecular weight is 375 g/mol. The smallest absolute Gasteiger partial charge is 0.303 e. The molecular formula is C17H30N2O5S. The minimum absolute atomic E-state index is 0.0558. The molecule has 1 amide bonds. The largest absolute Gasteiger partial charge is 0.481 e. The van der Waals surface area contributed by atoms with Gasteiger partial charge in [0.25, 0.3) is 0 Å². The van der Waals surface area contributed by atoms with E-state index in [0.29, 0.717) is 25.3 Å². The number of amides is 1. The Hall–Kier alpha value is -1.41. The molecular weight excluding hydrogens is 344 g/mol. The summed E-state index contributed by atoms with van der Waals surface area (Å²) in [6.07, 6.45) is 0.244. The fraction of sp³-hybridized carbons (Fsp3) is 0.765. The molecule has 0 aliphatic rings. The van der Waals surface area contributed by atoms with Gasteiger partial charge >= 0.3 is 5.97 Å². The van der Waals surface area contributed by atoms with Gasteiger partial charge in [-0.25, -0.2) is 0 Å². The van der Waals surface area contributed by atoms with Crippen LogP contribution in [-0.2, 0) is 19.2 Å². The quantitative estimate of drug-likeness (QED) is 0.532. The molecule has 0 heterocycles. The lowest BCUT2D eigenvalue weighted by atomic mass is 10.1. The molecule has 0 fully saturated rings. The number of carboxylic acid groups (broad SMARTS) is 1. The van der Waals surface area contributed by atoms with Gasteiger partial charge in [-0.1, -0.05) is 39.5 Å². The minimum Gasteiger partial charge on any atom is -0.481 e. The molecule has 0 aromatic carbocycles. The average Bonchev–Trinajstić information content (AvgIpc) is 2.53. The number of aliphatic carboxylic acids is 1. The highest BCUT2D eigenvalue weighted by atomic mass is 32.2. The highest BCUT2D eigenvalue weighted by Gasteiger charge is 2.20. The monoisotopic (exact) mass is 374 g/mol. The molecule has 0 saturated heterocycles. The molecule has 25 heavy (non-hydrogen) atoms. The first kappa shape index (κ1) is 23.6. The van der Waals surface area contributed by atoms with E-state index in [1.807, 2.05) is 13.8 Å². The van der Waals surface area contributed by atoms with Crippen molar-refractivity contribution in [1.82, 2.24) is 4.90 Å². The summed E-state index contributed by atoms with van der Waals surface area (Å²) in [6.45, 7) is 7.92. The second-order valence-electron chi connectivity index (χ2n) is 6.56. The van der Waals surface area contributed by atoms with Crippen molar-refractivity contribution >= 4 is 34.5 Å². The SMILES string of the molecule is CC(C)C(=O)CCN(CCSC(=O)[C@@H](N)CCC(=O)O)C(=O)C(C)C. The lowest BCUT2D eigenvalue weighted by molar-refractivity contribution is -0.137. The van der Waals surface area contributed by atoms with Gasteiger partial charge in [-0.2, -0.15) is 0 Å². The zero-order chi connectivity index (χ0) is 19.6. The Morgan fingerprint density at radius 2 is 1.60 bits per heavy atom. The summed E-state index contributed by atoms with van der Waals surface area (Å²) in [7, 11) is 0. The predicted molar refractivity (Wildman–Crippen MR) is 98.2 cm³/mol. The standard InChI is InChI=1S/C17H30N2O5S/c1-11(2)14(20)7-8-19(16(23)12(3)4)9-10-25-17(24)13(18)5-6-15(21)22/h11-13H,5-10,18H2,1-4H3,(H,21,22)/t13-/m0/s1. The third kappa shape index (κ3) is 10.2. The number of carboxylic acids is 1. The van der Waals surface area contributed by atoms with Gasteiger partial charge in [0.2, 0.25) is 11.0 Å². The number of nitrogens with two attached hydrogens (primary N) is 1. The highest BCUT2D eigenvalue weighted by Crippen LogP contribution is 2.11. The number of carbonyl (C=O) groups excluding carboxylic acids is 3. The van der Waals surface area contributed by atoms with E-state index >= 15 is 0 Å². The molecule has 0 unspecified atom stereocenters. The van der Waals surface area contributed by atoms with E-state index in [1.165, 1.54) is 0 Å². The van der Waals surface area contributed by atoms with E-state index in [-0.39, 0.29) is 41.5 Å². The Labute approximate surface area is 153 Å². The molecule has 8 heteroatoms. The summed E-state index contributed by atoms with van der Waals surface area (Å²) in [5.41, 5.74) is 5.66. The first-order chi connectivity index (χ1) is 11.6. The van der Waals surface area contributed by atoms with Gasteiger partial charge in [0, 0.05) is 43.5 Å². The molecule has 7 nitrogen and oxygen atoms in total. The number of hydrogen-bond acceptors (Lipinski definition) is 6. The zero-order valence-corrected chi connectivity index (χ0v) is 16.3. The molecule has 1 atom stereocenters. The highest BCUT2D eigenvalue weighted by molar-refractivity contribution is 8.13. The van der Waals surface area contributed by atoms with Crippen molar-refractivity contribution in [3.05, 3.63) is 0 Å². The fourth-order valence-electron chi connectivity index (χ4n) is 1.99. The van der Waals surface area contributed by atoms with Gasteiger partial charge in [-0.15, -0.1) is 0 Å². The van der Waals surface area contributed by atoms with Gasteiger partial charge < -0.3 is 15.7 Å². The Kier molecular flexibility index (Phi) is 11.3. The summed E-state index contributed by atoms with van der Waals surface area (Å²) in [6, 6.07) is -0.821. The van der Waals surface area contributed by atoms with Crippen LogP contribution in [0.3, 0.4) is 0 Å². The Morgan fingerprint density at radius 1 is 1.00 bits per heavy atom. The maximum Gasteiger partial charge on any atom is 0.303 e. The van der Waals surface area contributed by atoms with Crippen LogP contribution in [0.25, 0.3) is 0 Å². The fourth-order valence-corrected chi connectivity index (χ4v) is 2.84. The van der Waals surface area contributed by atoms with Crippen LogP contribution in [0.15, 0.2) is 0 Å². The van der Waals surface area contributed by atoms with E-state index < -0.39 is 12.0 Å². The Bertz CT molecular complexity index is 480. The number of nitrogens with zero attached hydrogens (tertiary/aromatic N) is 1. The van der Waals surface area contributed by atoms with Crippen molar-refractivity contribution in [3.8, 4) is 0 Å². The van der Waals surface area contributed by atoms with Gasteiger partial charge in [-0.3, -0.25) is 19.2 Å². The summed E-state index contributed by atoms with van der Waals surface area (Å²) in [4.78, 5) is 48.0. The van der Waals surface area contributed by atoms with Crippen molar-refractivity contribution in [2.45, 2.75) is 53.0 Å². The van der Waals surface area contributed by atoms with Gasteiger partial charge in [0.05, 0.1) is 6.04 Å². The van der Waals surface area contributed by atoms with E-state index in [9.17, 15) is 19.2 Å². The third-order valence-electron chi connectivity index (χ3n) is 3.66. The van der Waals surface area contributed by atoms with E-state index in [4.69, 9.17) is 10.8 Å². The van der Waals surface area contributed by atoms with Gasteiger partial charge in [0.15, 0.2) is 0 Å². The first-order valence-corrected chi connectivity index (χ1v) is 9.50. The summed E-state index contributed by atoms with van der Waals surface area (Å²) in [5.74, 6) is -0.835. The number of Topliss-reactive ketones (excluding diaryl/α,β-unsaturated/α-hetero) is 1. The van der Waals surface area contributed by atoms with Crippen molar-refractivity contribution in [1.29, 1.82) is 0 Å². The molecule has 0 aliphatic heterocycles. The minimum atomic E-state index is -0.989. The van der Waals surface area contributed by atoms with E-state index in [2.05, 4.69) is 0 Å². The van der Waals surface area contributed by atoms with Crippen LogP contribution in [0, 0.1) is 11.8 Å². The zero-order valence-electron chi connectivity index (χ0n) is 15.5. The Morgan fingerprint density at radius 3 is 2.08 bits per heavy atom.